The Hall–Kier alpha value is -2.94. The molecule has 1 atom stereocenters. The largest absolute Gasteiger partial charge is 0.494 e. The minimum atomic E-state index is -0.579. The number of nitrogens with zero attached hydrogens (tertiary/aromatic N) is 1. The summed E-state index contributed by atoms with van der Waals surface area (Å²) in [5.41, 5.74) is 3.43. The van der Waals surface area contributed by atoms with Crippen LogP contribution in [0, 0.1) is 11.3 Å². The molecule has 5 nitrogen and oxygen atoms in total. The standard InChI is InChI=1S/C23H21Cl2N3O2/c1-4-30-20-8-6-5-7-16(20)22-17(12-26)13(2)27-14(3)21(22)23(29)28-19-10-9-15(24)11-18(19)25/h5-11,22,27H,4H2,1-3H3,(H,28,29). The zero-order valence-corrected chi connectivity index (χ0v) is 18.4. The molecule has 154 valence electrons. The van der Waals surface area contributed by atoms with Gasteiger partial charge in [-0.3, -0.25) is 4.79 Å². The fourth-order valence-corrected chi connectivity index (χ4v) is 4.00. The summed E-state index contributed by atoms with van der Waals surface area (Å²) < 4.78 is 5.79. The molecule has 2 N–H and O–H groups in total. The molecule has 0 saturated heterocycles. The van der Waals surface area contributed by atoms with Gasteiger partial charge in [0.15, 0.2) is 0 Å². The monoisotopic (exact) mass is 441 g/mol. The van der Waals surface area contributed by atoms with Crippen molar-refractivity contribution in [1.29, 1.82) is 5.26 Å². The van der Waals surface area contributed by atoms with Crippen LogP contribution in [-0.2, 0) is 4.79 Å². The van der Waals surface area contributed by atoms with Gasteiger partial charge in [0.25, 0.3) is 5.91 Å². The number of para-hydroxylation sites is 1. The first-order chi connectivity index (χ1) is 14.4. The fraction of sp³-hybridized carbons (Fsp3) is 0.217. The van der Waals surface area contributed by atoms with Crippen molar-refractivity contribution in [3.8, 4) is 11.8 Å². The molecule has 30 heavy (non-hydrogen) atoms. The second kappa shape index (κ2) is 9.25. The van der Waals surface area contributed by atoms with E-state index in [0.717, 1.165) is 5.56 Å². The topological polar surface area (TPSA) is 74.1 Å². The summed E-state index contributed by atoms with van der Waals surface area (Å²) in [6.07, 6.45) is 0. The average molecular weight is 442 g/mol. The minimum absolute atomic E-state index is 0.330. The van der Waals surface area contributed by atoms with E-state index < -0.39 is 5.92 Å². The smallest absolute Gasteiger partial charge is 0.254 e. The molecule has 1 aliphatic heterocycles. The van der Waals surface area contributed by atoms with Gasteiger partial charge < -0.3 is 15.4 Å². The van der Waals surface area contributed by atoms with E-state index >= 15 is 0 Å². The van der Waals surface area contributed by atoms with Gasteiger partial charge in [-0.15, -0.1) is 0 Å². The van der Waals surface area contributed by atoms with E-state index in [1.807, 2.05) is 45.0 Å². The first kappa shape index (κ1) is 21.8. The van der Waals surface area contributed by atoms with Crippen LogP contribution >= 0.6 is 23.2 Å². The number of allylic oxidation sites excluding steroid dienone is 3. The number of anilines is 1. The maximum atomic E-state index is 13.4. The number of amides is 1. The van der Waals surface area contributed by atoms with Gasteiger partial charge in [0, 0.05) is 27.6 Å². The number of rotatable bonds is 5. The van der Waals surface area contributed by atoms with Crippen LogP contribution in [0.5, 0.6) is 5.75 Å². The molecule has 1 unspecified atom stereocenters. The number of carbonyl (C=O) groups is 1. The number of nitrogens with one attached hydrogen (secondary N) is 2. The molecule has 7 heteroatoms. The Morgan fingerprint density at radius 2 is 1.93 bits per heavy atom. The molecule has 0 saturated carbocycles. The van der Waals surface area contributed by atoms with E-state index in [9.17, 15) is 10.1 Å². The molecule has 1 amide bonds. The Balaban J connectivity index is 2.10. The number of dihydropyridines is 1. The van der Waals surface area contributed by atoms with Crippen LogP contribution in [0.15, 0.2) is 65.0 Å². The highest BCUT2D eigenvalue weighted by Gasteiger charge is 2.35. The molecule has 0 radical (unpaired) electrons. The van der Waals surface area contributed by atoms with Crippen LogP contribution in [0.4, 0.5) is 5.69 Å². The number of halogens is 2. The van der Waals surface area contributed by atoms with Crippen LogP contribution in [0.2, 0.25) is 10.0 Å². The molecule has 0 aliphatic carbocycles. The second-order valence-electron chi connectivity index (χ2n) is 6.80. The zero-order valence-electron chi connectivity index (χ0n) is 16.8. The summed E-state index contributed by atoms with van der Waals surface area (Å²) in [7, 11) is 0. The second-order valence-corrected chi connectivity index (χ2v) is 7.64. The van der Waals surface area contributed by atoms with Gasteiger partial charge >= 0.3 is 0 Å². The summed E-state index contributed by atoms with van der Waals surface area (Å²) in [4.78, 5) is 13.4. The van der Waals surface area contributed by atoms with E-state index in [-0.39, 0.29) is 5.91 Å². The number of ether oxygens (including phenoxy) is 1. The van der Waals surface area contributed by atoms with Crippen molar-refractivity contribution in [1.82, 2.24) is 5.32 Å². The minimum Gasteiger partial charge on any atom is -0.494 e. The highest BCUT2D eigenvalue weighted by molar-refractivity contribution is 6.36. The molecule has 2 aromatic carbocycles. The lowest BCUT2D eigenvalue weighted by molar-refractivity contribution is -0.113. The van der Waals surface area contributed by atoms with Gasteiger partial charge in [-0.05, 0) is 45.0 Å². The van der Waals surface area contributed by atoms with Crippen molar-refractivity contribution in [2.75, 3.05) is 11.9 Å². The van der Waals surface area contributed by atoms with E-state index in [4.69, 9.17) is 27.9 Å². The van der Waals surface area contributed by atoms with Crippen molar-refractivity contribution < 1.29 is 9.53 Å². The van der Waals surface area contributed by atoms with Crippen LogP contribution in [-0.4, -0.2) is 12.5 Å². The van der Waals surface area contributed by atoms with Gasteiger partial charge in [-0.25, -0.2) is 0 Å². The first-order valence-electron chi connectivity index (χ1n) is 9.44. The third-order valence-corrected chi connectivity index (χ3v) is 5.38. The van der Waals surface area contributed by atoms with Gasteiger partial charge in [0.1, 0.15) is 5.75 Å². The van der Waals surface area contributed by atoms with Gasteiger partial charge in [0.05, 0.1) is 34.9 Å². The first-order valence-corrected chi connectivity index (χ1v) is 10.2. The molecule has 0 fully saturated rings. The highest BCUT2D eigenvalue weighted by Crippen LogP contribution is 2.42. The zero-order chi connectivity index (χ0) is 21.8. The van der Waals surface area contributed by atoms with Crippen LogP contribution in [0.25, 0.3) is 0 Å². The van der Waals surface area contributed by atoms with Crippen LogP contribution in [0.3, 0.4) is 0 Å². The van der Waals surface area contributed by atoms with Crippen molar-refractivity contribution in [2.24, 2.45) is 0 Å². The Kier molecular flexibility index (Phi) is 6.71. The SMILES string of the molecule is CCOc1ccccc1C1C(C#N)=C(C)NC(C)=C1C(=O)Nc1ccc(Cl)cc1Cl. The van der Waals surface area contributed by atoms with E-state index in [0.29, 0.717) is 50.6 Å². The molecule has 1 aliphatic rings. The maximum Gasteiger partial charge on any atom is 0.254 e. The Bertz CT molecular complexity index is 1100. The molecule has 2 aromatic rings. The number of hydrogen-bond acceptors (Lipinski definition) is 4. The lowest BCUT2D eigenvalue weighted by Crippen LogP contribution is -2.31. The summed E-state index contributed by atoms with van der Waals surface area (Å²) in [5, 5.41) is 16.7. The quantitative estimate of drug-likeness (QED) is 0.615. The summed E-state index contributed by atoms with van der Waals surface area (Å²) in [6.45, 7) is 6.00. The van der Waals surface area contributed by atoms with Gasteiger partial charge in [-0.2, -0.15) is 5.26 Å². The predicted molar refractivity (Wildman–Crippen MR) is 120 cm³/mol. The summed E-state index contributed by atoms with van der Waals surface area (Å²) >= 11 is 12.2. The number of benzene rings is 2. The van der Waals surface area contributed by atoms with Crippen molar-refractivity contribution in [2.45, 2.75) is 26.7 Å². The Morgan fingerprint density at radius 3 is 2.60 bits per heavy atom. The third kappa shape index (κ3) is 4.30. The third-order valence-electron chi connectivity index (χ3n) is 4.83. The lowest BCUT2D eigenvalue weighted by atomic mass is 9.80. The molecule has 1 heterocycles. The number of carbonyl (C=O) groups excluding carboxylic acids is 1. The number of hydrogen-bond donors (Lipinski definition) is 2. The molecular weight excluding hydrogens is 421 g/mol. The van der Waals surface area contributed by atoms with E-state index in [2.05, 4.69) is 16.7 Å². The van der Waals surface area contributed by atoms with Crippen molar-refractivity contribution in [3.05, 3.63) is 80.6 Å². The molecule has 3 rings (SSSR count). The fourth-order valence-electron chi connectivity index (χ4n) is 3.54. The van der Waals surface area contributed by atoms with E-state index in [1.165, 1.54) is 0 Å². The normalized spacial score (nSPS) is 16.1. The highest BCUT2D eigenvalue weighted by atomic mass is 35.5. The molecule has 0 bridgehead atoms. The summed E-state index contributed by atoms with van der Waals surface area (Å²) in [6, 6.07) is 14.6. The molecular formula is C23H21Cl2N3O2. The van der Waals surface area contributed by atoms with Gasteiger partial charge in [-0.1, -0.05) is 41.4 Å². The Morgan fingerprint density at radius 1 is 1.20 bits per heavy atom. The Labute approximate surface area is 185 Å². The van der Waals surface area contributed by atoms with Crippen LogP contribution < -0.4 is 15.4 Å². The molecule has 0 spiro atoms. The average Bonchev–Trinajstić information content (AvgIpc) is 2.70. The van der Waals surface area contributed by atoms with Gasteiger partial charge in [0.2, 0.25) is 0 Å². The number of nitriles is 1. The van der Waals surface area contributed by atoms with Crippen LogP contribution in [0.1, 0.15) is 32.3 Å². The maximum absolute atomic E-state index is 13.4. The molecule has 0 aromatic heterocycles. The van der Waals surface area contributed by atoms with Crippen molar-refractivity contribution in [3.63, 3.8) is 0 Å². The van der Waals surface area contributed by atoms with E-state index in [1.54, 1.807) is 18.2 Å². The van der Waals surface area contributed by atoms with Crippen molar-refractivity contribution >= 4 is 34.8 Å². The lowest BCUT2D eigenvalue weighted by Gasteiger charge is -2.30. The predicted octanol–water partition coefficient (Wildman–Crippen LogP) is 5.79. The summed E-state index contributed by atoms with van der Waals surface area (Å²) in [5.74, 6) is -0.305.